The quantitative estimate of drug-likeness (QED) is 0.581. The first kappa shape index (κ1) is 11.7. The van der Waals surface area contributed by atoms with Gasteiger partial charge in [0, 0.05) is 6.42 Å². The monoisotopic (exact) mass is 236 g/mol. The molecule has 2 nitrogen and oxygen atoms in total. The Morgan fingerprint density at radius 3 is 2.29 bits per heavy atom. The van der Waals surface area contributed by atoms with Crippen LogP contribution < -0.4 is 9.80 Å². The van der Waals surface area contributed by atoms with Crippen LogP contribution in [-0.4, -0.2) is 32.3 Å². The van der Waals surface area contributed by atoms with E-state index in [2.05, 4.69) is 26.8 Å². The maximum Gasteiger partial charge on any atom is 0.217 e. The van der Waals surface area contributed by atoms with Gasteiger partial charge in [-0.05, 0) is 25.2 Å². The summed E-state index contributed by atoms with van der Waals surface area (Å²) in [7, 11) is 0. The van der Waals surface area contributed by atoms with E-state index in [1.54, 1.807) is 5.57 Å². The van der Waals surface area contributed by atoms with Gasteiger partial charge in [0.15, 0.2) is 0 Å². The zero-order valence-electron chi connectivity index (χ0n) is 11.6. The SMILES string of the molecule is CC1=C[C@@H](C)[C@H](C2[NH+]3CCC[NH+]2CC3)[C@@H](C)C1. The summed E-state index contributed by atoms with van der Waals surface area (Å²) in [5, 5.41) is 0. The standard InChI is InChI=1S/C15H26N2/c1-11-9-12(2)14(13(3)10-11)15-16-5-4-6-17(15)8-7-16/h9,12-15H,4-8,10H2,1-3H3/p+2/t12-,13+,14+/m1/s1. The molecule has 0 spiro atoms. The average Bonchev–Trinajstić information content (AvgIpc) is 2.50. The first-order valence-electron chi connectivity index (χ1n) is 7.53. The van der Waals surface area contributed by atoms with Gasteiger partial charge in [0.1, 0.15) is 13.1 Å². The molecule has 2 unspecified atom stereocenters. The summed E-state index contributed by atoms with van der Waals surface area (Å²) in [6.07, 6.45) is 6.26. The Bertz CT molecular complexity index is 307. The molecule has 1 aliphatic carbocycles. The largest absolute Gasteiger partial charge is 0.281 e. The number of allylic oxidation sites excluding steroid dienone is 2. The lowest BCUT2D eigenvalue weighted by Gasteiger charge is -2.41. The van der Waals surface area contributed by atoms with Crippen molar-refractivity contribution in [3.05, 3.63) is 11.6 Å². The summed E-state index contributed by atoms with van der Waals surface area (Å²) in [5.74, 6) is 2.61. The van der Waals surface area contributed by atoms with Crippen LogP contribution in [0, 0.1) is 17.8 Å². The van der Waals surface area contributed by atoms with Crippen LogP contribution in [-0.2, 0) is 0 Å². The van der Waals surface area contributed by atoms with Gasteiger partial charge >= 0.3 is 0 Å². The molecule has 0 radical (unpaired) electrons. The Morgan fingerprint density at radius 2 is 1.71 bits per heavy atom. The highest BCUT2D eigenvalue weighted by atomic mass is 15.4. The molecule has 0 amide bonds. The van der Waals surface area contributed by atoms with Crippen molar-refractivity contribution in [2.45, 2.75) is 39.8 Å². The fourth-order valence-electron chi connectivity index (χ4n) is 4.99. The summed E-state index contributed by atoms with van der Waals surface area (Å²) in [5.41, 5.74) is 1.62. The molecule has 0 aromatic carbocycles. The highest BCUT2D eigenvalue weighted by Crippen LogP contribution is 2.34. The average molecular weight is 236 g/mol. The fourth-order valence-corrected chi connectivity index (χ4v) is 4.99. The van der Waals surface area contributed by atoms with Gasteiger partial charge in [-0.3, -0.25) is 9.80 Å². The molecule has 2 heteroatoms. The van der Waals surface area contributed by atoms with Crippen LogP contribution in [0.15, 0.2) is 11.6 Å². The Hall–Kier alpha value is -0.340. The maximum atomic E-state index is 2.56. The van der Waals surface area contributed by atoms with E-state index in [0.717, 1.165) is 23.9 Å². The van der Waals surface area contributed by atoms with Gasteiger partial charge in [0.05, 0.1) is 19.0 Å². The van der Waals surface area contributed by atoms with Crippen molar-refractivity contribution >= 4 is 0 Å². The molecule has 96 valence electrons. The smallest absolute Gasteiger partial charge is 0.217 e. The lowest BCUT2D eigenvalue weighted by atomic mass is 9.72. The minimum Gasteiger partial charge on any atom is -0.281 e. The number of hydrogen-bond donors (Lipinski definition) is 2. The first-order chi connectivity index (χ1) is 8.16. The Kier molecular flexibility index (Phi) is 3.04. The van der Waals surface area contributed by atoms with Gasteiger partial charge in [-0.2, -0.15) is 0 Å². The molecule has 5 atom stereocenters. The lowest BCUT2D eigenvalue weighted by Crippen LogP contribution is -3.32. The number of quaternary nitrogens is 2. The number of rotatable bonds is 1. The van der Waals surface area contributed by atoms with E-state index in [9.17, 15) is 0 Å². The highest BCUT2D eigenvalue weighted by Gasteiger charge is 2.50. The minimum absolute atomic E-state index is 0.796. The Balaban J connectivity index is 1.84. The van der Waals surface area contributed by atoms with Gasteiger partial charge in [0.25, 0.3) is 0 Å². The molecule has 3 aliphatic rings. The molecule has 2 saturated heterocycles. The summed E-state index contributed by atoms with van der Waals surface area (Å²) >= 11 is 0. The second-order valence-corrected chi connectivity index (χ2v) is 6.78. The van der Waals surface area contributed by atoms with E-state index in [4.69, 9.17) is 0 Å². The van der Waals surface area contributed by atoms with Crippen LogP contribution in [0.3, 0.4) is 0 Å². The van der Waals surface area contributed by atoms with E-state index in [1.165, 1.54) is 39.0 Å². The molecule has 2 bridgehead atoms. The molecule has 2 fully saturated rings. The van der Waals surface area contributed by atoms with Crippen molar-refractivity contribution in [1.29, 1.82) is 0 Å². The van der Waals surface area contributed by atoms with Crippen molar-refractivity contribution in [2.75, 3.05) is 26.2 Å². The normalized spacial score (nSPS) is 50.2. The van der Waals surface area contributed by atoms with Crippen LogP contribution in [0.25, 0.3) is 0 Å². The third-order valence-corrected chi connectivity index (χ3v) is 5.48. The number of fused-ring (bicyclic) bond motifs is 2. The highest BCUT2D eigenvalue weighted by molar-refractivity contribution is 5.08. The molecule has 0 saturated carbocycles. The lowest BCUT2D eigenvalue weighted by molar-refractivity contribution is -1.09. The second kappa shape index (κ2) is 4.40. The maximum absolute atomic E-state index is 2.56. The minimum atomic E-state index is 0.796. The summed E-state index contributed by atoms with van der Waals surface area (Å²) in [6, 6.07) is 0. The Morgan fingerprint density at radius 1 is 1.06 bits per heavy atom. The third kappa shape index (κ3) is 1.96. The van der Waals surface area contributed by atoms with Crippen molar-refractivity contribution in [1.82, 2.24) is 0 Å². The van der Waals surface area contributed by atoms with Crippen LogP contribution >= 0.6 is 0 Å². The van der Waals surface area contributed by atoms with Crippen molar-refractivity contribution in [2.24, 2.45) is 17.8 Å². The van der Waals surface area contributed by atoms with Gasteiger partial charge in [0.2, 0.25) is 6.17 Å². The molecule has 0 aromatic heterocycles. The Labute approximate surface area is 106 Å². The molecule has 2 heterocycles. The van der Waals surface area contributed by atoms with Crippen LogP contribution in [0.5, 0.6) is 0 Å². The predicted molar refractivity (Wildman–Crippen MR) is 70.0 cm³/mol. The number of hydrogen-bond acceptors (Lipinski definition) is 0. The van der Waals surface area contributed by atoms with Crippen molar-refractivity contribution < 1.29 is 9.80 Å². The van der Waals surface area contributed by atoms with Crippen LogP contribution in [0.2, 0.25) is 0 Å². The number of nitrogens with one attached hydrogen (secondary N) is 2. The molecule has 2 aliphatic heterocycles. The van der Waals surface area contributed by atoms with Gasteiger partial charge in [-0.15, -0.1) is 0 Å². The second-order valence-electron chi connectivity index (χ2n) is 6.78. The van der Waals surface area contributed by atoms with Gasteiger partial charge < -0.3 is 0 Å². The van der Waals surface area contributed by atoms with Crippen LogP contribution in [0.1, 0.15) is 33.6 Å². The molecule has 0 aromatic rings. The van der Waals surface area contributed by atoms with E-state index >= 15 is 0 Å². The predicted octanol–water partition coefficient (Wildman–Crippen LogP) is -0.262. The molecule has 2 N–H and O–H groups in total. The topological polar surface area (TPSA) is 8.88 Å². The summed E-state index contributed by atoms with van der Waals surface area (Å²) in [6.45, 7) is 13.0. The van der Waals surface area contributed by atoms with Crippen molar-refractivity contribution in [3.63, 3.8) is 0 Å². The van der Waals surface area contributed by atoms with Gasteiger partial charge in [-0.25, -0.2) is 0 Å². The summed E-state index contributed by atoms with van der Waals surface area (Å²) in [4.78, 5) is 3.84. The molecule has 3 rings (SSSR count). The zero-order chi connectivity index (χ0) is 12.0. The zero-order valence-corrected chi connectivity index (χ0v) is 11.6. The van der Waals surface area contributed by atoms with Gasteiger partial charge in [-0.1, -0.05) is 25.5 Å². The van der Waals surface area contributed by atoms with Crippen LogP contribution in [0.4, 0.5) is 0 Å². The fraction of sp³-hybridized carbons (Fsp3) is 0.867. The third-order valence-electron chi connectivity index (χ3n) is 5.48. The van der Waals surface area contributed by atoms with Crippen molar-refractivity contribution in [3.8, 4) is 0 Å². The molecule has 17 heavy (non-hydrogen) atoms. The van der Waals surface area contributed by atoms with E-state index in [1.807, 2.05) is 9.80 Å². The summed E-state index contributed by atoms with van der Waals surface area (Å²) < 4.78 is 0. The molecular weight excluding hydrogens is 208 g/mol. The van der Waals surface area contributed by atoms with E-state index < -0.39 is 0 Å². The molecular formula is C15H28N2+2. The van der Waals surface area contributed by atoms with E-state index in [0.29, 0.717) is 0 Å². The van der Waals surface area contributed by atoms with E-state index in [-0.39, 0.29) is 0 Å². The first-order valence-corrected chi connectivity index (χ1v) is 7.53.